The molecule has 6 nitrogen and oxygen atoms in total. The fraction of sp³-hybridized carbons (Fsp3) is 0.238. The van der Waals surface area contributed by atoms with Crippen LogP contribution in [0.3, 0.4) is 0 Å². The fourth-order valence-electron chi connectivity index (χ4n) is 2.59. The molecular formula is C21H20O6. The molecule has 0 radical (unpaired) electrons. The van der Waals surface area contributed by atoms with Gasteiger partial charge in [0.25, 0.3) is 0 Å². The van der Waals surface area contributed by atoms with E-state index >= 15 is 0 Å². The molecule has 3 aromatic rings. The molecule has 0 fully saturated rings. The van der Waals surface area contributed by atoms with Gasteiger partial charge in [0, 0.05) is 23.1 Å². The number of carbonyl (C=O) groups excluding carboxylic acids is 1. The molecular weight excluding hydrogens is 348 g/mol. The van der Waals surface area contributed by atoms with Crippen molar-refractivity contribution in [3.05, 3.63) is 70.1 Å². The SMILES string of the molecule is COc1ccc2c(COC(=O)C(C)Oc3ccc(C)cc3)cc(=O)oc2c1. The average Bonchev–Trinajstić information content (AvgIpc) is 2.66. The van der Waals surface area contributed by atoms with E-state index in [0.717, 1.165) is 5.56 Å². The Bertz CT molecular complexity index is 1000. The Hall–Kier alpha value is -3.28. The first-order chi connectivity index (χ1) is 13.0. The largest absolute Gasteiger partial charge is 0.497 e. The molecule has 140 valence electrons. The van der Waals surface area contributed by atoms with Crippen molar-refractivity contribution in [2.24, 2.45) is 0 Å². The minimum Gasteiger partial charge on any atom is -0.497 e. The van der Waals surface area contributed by atoms with Crippen LogP contribution in [0, 0.1) is 6.92 Å². The highest BCUT2D eigenvalue weighted by Crippen LogP contribution is 2.23. The Balaban J connectivity index is 1.71. The van der Waals surface area contributed by atoms with Crippen molar-refractivity contribution in [3.8, 4) is 11.5 Å². The van der Waals surface area contributed by atoms with Crippen LogP contribution in [0.25, 0.3) is 11.0 Å². The maximum Gasteiger partial charge on any atom is 0.347 e. The summed E-state index contributed by atoms with van der Waals surface area (Å²) in [5, 5.41) is 0.676. The predicted molar refractivity (Wildman–Crippen MR) is 100 cm³/mol. The van der Waals surface area contributed by atoms with Crippen LogP contribution in [-0.2, 0) is 16.1 Å². The molecule has 0 aliphatic carbocycles. The molecule has 2 aromatic carbocycles. The number of methoxy groups -OCH3 is 1. The summed E-state index contributed by atoms with van der Waals surface area (Å²) in [5.41, 5.74) is 1.51. The van der Waals surface area contributed by atoms with Crippen molar-refractivity contribution in [1.82, 2.24) is 0 Å². The number of aryl methyl sites for hydroxylation is 1. The third kappa shape index (κ3) is 4.47. The van der Waals surface area contributed by atoms with E-state index in [0.29, 0.717) is 28.0 Å². The number of benzene rings is 2. The van der Waals surface area contributed by atoms with E-state index in [1.807, 2.05) is 19.1 Å². The minimum absolute atomic E-state index is 0.0607. The second kappa shape index (κ2) is 7.95. The Labute approximate surface area is 156 Å². The standard InChI is InChI=1S/C21H20O6/c1-13-4-6-16(7-5-13)26-14(2)21(23)25-12-15-10-20(22)27-19-11-17(24-3)8-9-18(15)19/h4-11,14H,12H2,1-3H3. The molecule has 1 aromatic heterocycles. The van der Waals surface area contributed by atoms with Gasteiger partial charge < -0.3 is 18.6 Å². The average molecular weight is 368 g/mol. The van der Waals surface area contributed by atoms with Gasteiger partial charge in [0.05, 0.1) is 7.11 Å². The van der Waals surface area contributed by atoms with E-state index in [1.165, 1.54) is 13.2 Å². The molecule has 6 heteroatoms. The topological polar surface area (TPSA) is 75.0 Å². The normalized spacial score (nSPS) is 11.8. The van der Waals surface area contributed by atoms with Crippen LogP contribution in [-0.4, -0.2) is 19.2 Å². The van der Waals surface area contributed by atoms with Gasteiger partial charge in [-0.25, -0.2) is 9.59 Å². The molecule has 0 N–H and O–H groups in total. The van der Waals surface area contributed by atoms with Crippen LogP contribution in [0.5, 0.6) is 11.5 Å². The van der Waals surface area contributed by atoms with Crippen molar-refractivity contribution >= 4 is 16.9 Å². The lowest BCUT2D eigenvalue weighted by Gasteiger charge is -2.14. The fourth-order valence-corrected chi connectivity index (χ4v) is 2.59. The molecule has 1 heterocycles. The highest BCUT2D eigenvalue weighted by Gasteiger charge is 2.17. The summed E-state index contributed by atoms with van der Waals surface area (Å²) in [6.07, 6.45) is -0.779. The second-order valence-electron chi connectivity index (χ2n) is 6.13. The van der Waals surface area contributed by atoms with Crippen molar-refractivity contribution < 1.29 is 23.4 Å². The Kier molecular flexibility index (Phi) is 5.45. The smallest absolute Gasteiger partial charge is 0.347 e. The quantitative estimate of drug-likeness (QED) is 0.489. The summed E-state index contributed by atoms with van der Waals surface area (Å²) in [7, 11) is 1.53. The summed E-state index contributed by atoms with van der Waals surface area (Å²) >= 11 is 0. The van der Waals surface area contributed by atoms with Gasteiger partial charge in [0.1, 0.15) is 23.7 Å². The van der Waals surface area contributed by atoms with Crippen LogP contribution < -0.4 is 15.1 Å². The lowest BCUT2D eigenvalue weighted by Crippen LogP contribution is -2.26. The van der Waals surface area contributed by atoms with Gasteiger partial charge in [-0.3, -0.25) is 0 Å². The highest BCUT2D eigenvalue weighted by atomic mass is 16.6. The molecule has 0 aliphatic heterocycles. The van der Waals surface area contributed by atoms with Crippen molar-refractivity contribution in [2.45, 2.75) is 26.6 Å². The van der Waals surface area contributed by atoms with Gasteiger partial charge in [0.15, 0.2) is 6.10 Å². The first kappa shape index (κ1) is 18.5. The van der Waals surface area contributed by atoms with Crippen LogP contribution in [0.2, 0.25) is 0 Å². The zero-order chi connectivity index (χ0) is 19.4. The molecule has 1 atom stereocenters. The van der Waals surface area contributed by atoms with E-state index < -0.39 is 17.7 Å². The molecule has 0 saturated carbocycles. The van der Waals surface area contributed by atoms with Crippen LogP contribution in [0.4, 0.5) is 0 Å². The lowest BCUT2D eigenvalue weighted by atomic mass is 10.1. The maximum atomic E-state index is 12.2. The van der Waals surface area contributed by atoms with E-state index in [2.05, 4.69) is 0 Å². The molecule has 3 rings (SSSR count). The Morgan fingerprint density at radius 2 is 1.78 bits per heavy atom. The molecule has 0 bridgehead atoms. The number of esters is 1. The first-order valence-corrected chi connectivity index (χ1v) is 8.47. The van der Waals surface area contributed by atoms with Crippen LogP contribution in [0.15, 0.2) is 57.7 Å². The zero-order valence-electron chi connectivity index (χ0n) is 15.4. The van der Waals surface area contributed by atoms with E-state index in [4.69, 9.17) is 18.6 Å². The van der Waals surface area contributed by atoms with Crippen molar-refractivity contribution in [2.75, 3.05) is 7.11 Å². The van der Waals surface area contributed by atoms with Crippen molar-refractivity contribution in [3.63, 3.8) is 0 Å². The van der Waals surface area contributed by atoms with E-state index in [1.54, 1.807) is 37.3 Å². The highest BCUT2D eigenvalue weighted by molar-refractivity contribution is 5.82. The molecule has 1 unspecified atom stereocenters. The number of carbonyl (C=O) groups is 1. The Morgan fingerprint density at radius 1 is 1.07 bits per heavy atom. The van der Waals surface area contributed by atoms with Gasteiger partial charge >= 0.3 is 11.6 Å². The second-order valence-corrected chi connectivity index (χ2v) is 6.13. The predicted octanol–water partition coefficient (Wildman–Crippen LogP) is 3.62. The lowest BCUT2D eigenvalue weighted by molar-refractivity contribution is -0.152. The third-order valence-corrected chi connectivity index (χ3v) is 4.07. The number of hydrogen-bond donors (Lipinski definition) is 0. The molecule has 0 saturated heterocycles. The van der Waals surface area contributed by atoms with E-state index in [9.17, 15) is 9.59 Å². The molecule has 0 aliphatic rings. The molecule has 0 amide bonds. The van der Waals surface area contributed by atoms with Crippen LogP contribution >= 0.6 is 0 Å². The monoisotopic (exact) mass is 368 g/mol. The van der Waals surface area contributed by atoms with Gasteiger partial charge in [-0.05, 0) is 38.1 Å². The minimum atomic E-state index is -0.779. The molecule has 0 spiro atoms. The third-order valence-electron chi connectivity index (χ3n) is 4.07. The van der Waals surface area contributed by atoms with Crippen molar-refractivity contribution in [1.29, 1.82) is 0 Å². The Morgan fingerprint density at radius 3 is 2.48 bits per heavy atom. The summed E-state index contributed by atoms with van der Waals surface area (Å²) in [6.45, 7) is 3.52. The van der Waals surface area contributed by atoms with Gasteiger partial charge in [-0.2, -0.15) is 0 Å². The number of ether oxygens (including phenoxy) is 3. The number of rotatable bonds is 6. The summed E-state index contributed by atoms with van der Waals surface area (Å²) in [4.78, 5) is 24.0. The van der Waals surface area contributed by atoms with E-state index in [-0.39, 0.29) is 6.61 Å². The molecule has 27 heavy (non-hydrogen) atoms. The first-order valence-electron chi connectivity index (χ1n) is 8.47. The zero-order valence-corrected chi connectivity index (χ0v) is 15.4. The summed E-state index contributed by atoms with van der Waals surface area (Å²) in [6, 6.07) is 13.8. The van der Waals surface area contributed by atoms with Gasteiger partial charge in [0.2, 0.25) is 0 Å². The van der Waals surface area contributed by atoms with Gasteiger partial charge in [-0.1, -0.05) is 17.7 Å². The number of hydrogen-bond acceptors (Lipinski definition) is 6. The van der Waals surface area contributed by atoms with Crippen LogP contribution in [0.1, 0.15) is 18.1 Å². The summed E-state index contributed by atoms with van der Waals surface area (Å²) in [5.74, 6) is 0.633. The maximum absolute atomic E-state index is 12.2. The number of fused-ring (bicyclic) bond motifs is 1. The van der Waals surface area contributed by atoms with Gasteiger partial charge in [-0.15, -0.1) is 0 Å². The summed E-state index contributed by atoms with van der Waals surface area (Å²) < 4.78 is 21.2.